The second kappa shape index (κ2) is 8.01. The molecule has 0 radical (unpaired) electrons. The third kappa shape index (κ3) is 3.80. The Bertz CT molecular complexity index is 411. The van der Waals surface area contributed by atoms with Crippen molar-refractivity contribution in [1.29, 1.82) is 0 Å². The molecule has 1 unspecified atom stereocenters. The molecule has 0 amide bonds. The highest BCUT2D eigenvalue weighted by molar-refractivity contribution is 5.60. The maximum Gasteiger partial charge on any atom is 0.148 e. The van der Waals surface area contributed by atoms with Crippen LogP contribution in [0.15, 0.2) is 6.33 Å². The third-order valence-electron chi connectivity index (χ3n) is 3.51. The number of anilines is 2. The molecule has 0 saturated carbocycles. The standard InChI is InChI=1S/C14H27N5O/c1-6-11(4)19(7-8-20-5)14-12(10(2)3)13(18-15)16-9-17-14/h9-11H,6-8,15H2,1-5H3,(H,16,17,18). The lowest BCUT2D eigenvalue weighted by Crippen LogP contribution is -2.37. The monoisotopic (exact) mass is 281 g/mol. The molecule has 1 heterocycles. The van der Waals surface area contributed by atoms with Crippen LogP contribution in [0.4, 0.5) is 11.6 Å². The van der Waals surface area contributed by atoms with Crippen molar-refractivity contribution in [2.45, 2.75) is 46.1 Å². The highest BCUT2D eigenvalue weighted by Gasteiger charge is 2.22. The summed E-state index contributed by atoms with van der Waals surface area (Å²) in [5.74, 6) is 7.50. The summed E-state index contributed by atoms with van der Waals surface area (Å²) in [6.45, 7) is 10.1. The first-order valence-corrected chi connectivity index (χ1v) is 7.13. The van der Waals surface area contributed by atoms with Crippen LogP contribution < -0.4 is 16.2 Å². The first kappa shape index (κ1) is 16.7. The van der Waals surface area contributed by atoms with Crippen molar-refractivity contribution < 1.29 is 4.74 Å². The quantitative estimate of drug-likeness (QED) is 0.561. The summed E-state index contributed by atoms with van der Waals surface area (Å²) in [5, 5.41) is 0. The van der Waals surface area contributed by atoms with E-state index in [0.29, 0.717) is 18.5 Å². The van der Waals surface area contributed by atoms with E-state index in [9.17, 15) is 0 Å². The van der Waals surface area contributed by atoms with Crippen LogP contribution in [-0.2, 0) is 4.74 Å². The third-order valence-corrected chi connectivity index (χ3v) is 3.51. The highest BCUT2D eigenvalue weighted by atomic mass is 16.5. The topological polar surface area (TPSA) is 76.3 Å². The van der Waals surface area contributed by atoms with E-state index in [1.54, 1.807) is 13.4 Å². The van der Waals surface area contributed by atoms with Crippen molar-refractivity contribution in [2.24, 2.45) is 5.84 Å². The van der Waals surface area contributed by atoms with Crippen LogP contribution in [-0.4, -0.2) is 36.3 Å². The number of hydrazine groups is 1. The Labute approximate surface area is 121 Å². The molecule has 0 bridgehead atoms. The van der Waals surface area contributed by atoms with Gasteiger partial charge in [-0.25, -0.2) is 15.8 Å². The van der Waals surface area contributed by atoms with Gasteiger partial charge < -0.3 is 15.1 Å². The van der Waals surface area contributed by atoms with Gasteiger partial charge in [-0.2, -0.15) is 0 Å². The fourth-order valence-electron chi connectivity index (χ4n) is 2.21. The molecule has 0 aliphatic heterocycles. The van der Waals surface area contributed by atoms with Crippen molar-refractivity contribution in [3.05, 3.63) is 11.9 Å². The van der Waals surface area contributed by atoms with E-state index in [0.717, 1.165) is 24.3 Å². The minimum Gasteiger partial charge on any atom is -0.383 e. The number of nitrogens with zero attached hydrogens (tertiary/aromatic N) is 3. The molecule has 3 N–H and O–H groups in total. The van der Waals surface area contributed by atoms with E-state index in [4.69, 9.17) is 10.6 Å². The molecule has 6 nitrogen and oxygen atoms in total. The molecule has 0 aliphatic rings. The Morgan fingerprint density at radius 1 is 1.35 bits per heavy atom. The van der Waals surface area contributed by atoms with E-state index >= 15 is 0 Å². The van der Waals surface area contributed by atoms with Gasteiger partial charge in [-0.1, -0.05) is 20.8 Å². The molecule has 1 aromatic heterocycles. The van der Waals surface area contributed by atoms with Crippen molar-refractivity contribution in [3.63, 3.8) is 0 Å². The minimum atomic E-state index is 0.284. The number of nitrogens with one attached hydrogen (secondary N) is 1. The maximum atomic E-state index is 5.58. The summed E-state index contributed by atoms with van der Waals surface area (Å²) >= 11 is 0. The molecule has 0 aromatic carbocycles. The van der Waals surface area contributed by atoms with Crippen LogP contribution in [0.25, 0.3) is 0 Å². The predicted octanol–water partition coefficient (Wildman–Crippen LogP) is 2.14. The van der Waals surface area contributed by atoms with Crippen LogP contribution >= 0.6 is 0 Å². The van der Waals surface area contributed by atoms with Gasteiger partial charge in [0.25, 0.3) is 0 Å². The van der Waals surface area contributed by atoms with E-state index in [1.165, 1.54) is 0 Å². The van der Waals surface area contributed by atoms with E-state index in [2.05, 4.69) is 48.0 Å². The first-order valence-electron chi connectivity index (χ1n) is 7.13. The highest BCUT2D eigenvalue weighted by Crippen LogP contribution is 2.31. The smallest absolute Gasteiger partial charge is 0.148 e. The average Bonchev–Trinajstić information content (AvgIpc) is 2.46. The Balaban J connectivity index is 3.24. The van der Waals surface area contributed by atoms with E-state index in [1.807, 2.05) is 0 Å². The lowest BCUT2D eigenvalue weighted by atomic mass is 10.0. The SMILES string of the molecule is CCC(C)N(CCOC)c1ncnc(NN)c1C(C)C. The molecule has 114 valence electrons. The number of hydrogen-bond donors (Lipinski definition) is 2. The number of methoxy groups -OCH3 is 1. The van der Waals surface area contributed by atoms with Gasteiger partial charge in [-0.05, 0) is 19.3 Å². The minimum absolute atomic E-state index is 0.284. The maximum absolute atomic E-state index is 5.58. The average molecular weight is 281 g/mol. The van der Waals surface area contributed by atoms with Crippen LogP contribution in [0, 0.1) is 0 Å². The summed E-state index contributed by atoms with van der Waals surface area (Å²) < 4.78 is 5.22. The zero-order chi connectivity index (χ0) is 15.1. The normalized spacial score (nSPS) is 12.6. The second-order valence-electron chi connectivity index (χ2n) is 5.20. The number of nitrogens with two attached hydrogens (primary N) is 1. The fraction of sp³-hybridized carbons (Fsp3) is 0.714. The molecule has 0 spiro atoms. The predicted molar refractivity (Wildman–Crippen MR) is 82.9 cm³/mol. The van der Waals surface area contributed by atoms with Gasteiger partial charge >= 0.3 is 0 Å². The number of hydrogen-bond acceptors (Lipinski definition) is 6. The molecule has 1 aromatic rings. The number of rotatable bonds is 8. The molecule has 1 rings (SSSR count). The number of aromatic nitrogens is 2. The molecule has 0 saturated heterocycles. The molecule has 1 atom stereocenters. The molecule has 20 heavy (non-hydrogen) atoms. The number of nitrogen functional groups attached to an aromatic ring is 1. The van der Waals surface area contributed by atoms with E-state index in [-0.39, 0.29) is 5.92 Å². The lowest BCUT2D eigenvalue weighted by Gasteiger charge is -2.32. The Kier molecular flexibility index (Phi) is 6.67. The summed E-state index contributed by atoms with van der Waals surface area (Å²) in [7, 11) is 1.71. The second-order valence-corrected chi connectivity index (χ2v) is 5.20. The Morgan fingerprint density at radius 2 is 2.05 bits per heavy atom. The molecular formula is C14H27N5O. The zero-order valence-corrected chi connectivity index (χ0v) is 13.2. The van der Waals surface area contributed by atoms with Crippen molar-refractivity contribution in [3.8, 4) is 0 Å². The van der Waals surface area contributed by atoms with Gasteiger partial charge in [0.1, 0.15) is 18.0 Å². The van der Waals surface area contributed by atoms with Crippen LogP contribution in [0.5, 0.6) is 0 Å². The molecular weight excluding hydrogens is 254 g/mol. The van der Waals surface area contributed by atoms with Gasteiger partial charge in [-0.15, -0.1) is 0 Å². The Morgan fingerprint density at radius 3 is 2.55 bits per heavy atom. The van der Waals surface area contributed by atoms with Crippen molar-refractivity contribution >= 4 is 11.6 Å². The van der Waals surface area contributed by atoms with Gasteiger partial charge in [0, 0.05) is 25.3 Å². The first-order chi connectivity index (χ1) is 9.56. The summed E-state index contributed by atoms with van der Waals surface area (Å²) in [6.07, 6.45) is 2.59. The van der Waals surface area contributed by atoms with Gasteiger partial charge in [-0.3, -0.25) is 0 Å². The van der Waals surface area contributed by atoms with E-state index < -0.39 is 0 Å². The van der Waals surface area contributed by atoms with Crippen molar-refractivity contribution in [1.82, 2.24) is 9.97 Å². The largest absolute Gasteiger partial charge is 0.383 e. The van der Waals surface area contributed by atoms with Gasteiger partial charge in [0.2, 0.25) is 0 Å². The lowest BCUT2D eigenvalue weighted by molar-refractivity contribution is 0.203. The van der Waals surface area contributed by atoms with Crippen LogP contribution in [0.3, 0.4) is 0 Å². The summed E-state index contributed by atoms with van der Waals surface area (Å²) in [6, 6.07) is 0.378. The molecule has 6 heteroatoms. The van der Waals surface area contributed by atoms with Gasteiger partial charge in [0.15, 0.2) is 0 Å². The Hall–Kier alpha value is -1.40. The van der Waals surface area contributed by atoms with Crippen LogP contribution in [0.2, 0.25) is 0 Å². The summed E-state index contributed by atoms with van der Waals surface area (Å²) in [4.78, 5) is 11.0. The summed E-state index contributed by atoms with van der Waals surface area (Å²) in [5.41, 5.74) is 3.72. The number of ether oxygens (including phenoxy) is 1. The fourth-order valence-corrected chi connectivity index (χ4v) is 2.21. The zero-order valence-electron chi connectivity index (χ0n) is 13.2. The van der Waals surface area contributed by atoms with Gasteiger partial charge in [0.05, 0.1) is 6.61 Å². The molecule has 0 fully saturated rings. The molecule has 0 aliphatic carbocycles. The van der Waals surface area contributed by atoms with Crippen molar-refractivity contribution in [2.75, 3.05) is 30.6 Å². The van der Waals surface area contributed by atoms with Crippen LogP contribution in [0.1, 0.15) is 45.6 Å².